The molecule has 2 N–H and O–H groups in total. The number of rotatable bonds is 5. The van der Waals surface area contributed by atoms with E-state index in [1.165, 1.54) is 18.2 Å². The van der Waals surface area contributed by atoms with E-state index in [-0.39, 0.29) is 17.6 Å². The summed E-state index contributed by atoms with van der Waals surface area (Å²) in [4.78, 5) is 18.5. The minimum absolute atomic E-state index is 0.0579. The molecule has 0 unspecified atom stereocenters. The number of ether oxygens (including phenoxy) is 1. The van der Waals surface area contributed by atoms with Crippen LogP contribution in [-0.4, -0.2) is 51.9 Å². The van der Waals surface area contributed by atoms with E-state index in [9.17, 15) is 9.18 Å². The summed E-state index contributed by atoms with van der Waals surface area (Å²) in [5.41, 5.74) is 2.37. The third-order valence-corrected chi connectivity index (χ3v) is 6.09. The summed E-state index contributed by atoms with van der Waals surface area (Å²) >= 11 is 6.12. The minimum Gasteiger partial charge on any atom is -0.444 e. The quantitative estimate of drug-likeness (QED) is 0.418. The lowest BCUT2D eigenvalue weighted by Gasteiger charge is -2.33. The fraction of sp³-hybridized carbons (Fsp3) is 0.385. The highest BCUT2D eigenvalue weighted by Gasteiger charge is 2.30. The van der Waals surface area contributed by atoms with Gasteiger partial charge in [-0.25, -0.2) is 14.2 Å². The Morgan fingerprint density at radius 1 is 1.14 bits per heavy atom. The van der Waals surface area contributed by atoms with Crippen LogP contribution in [-0.2, 0) is 4.74 Å². The van der Waals surface area contributed by atoms with Crippen LogP contribution in [0.15, 0.2) is 42.6 Å². The number of likely N-dealkylation sites (tertiary alicyclic amines) is 1. The zero-order valence-electron chi connectivity index (χ0n) is 20.8. The van der Waals surface area contributed by atoms with Gasteiger partial charge in [-0.3, -0.25) is 0 Å². The Hall–Kier alpha value is -3.46. The summed E-state index contributed by atoms with van der Waals surface area (Å²) in [6.45, 7) is 6.66. The first kappa shape index (κ1) is 25.6. The predicted molar refractivity (Wildman–Crippen MR) is 139 cm³/mol. The predicted octanol–water partition coefficient (Wildman–Crippen LogP) is 6.23. The Bertz CT molecular complexity index is 1240. The number of aromatic nitrogens is 3. The molecule has 1 fully saturated rings. The molecule has 2 aromatic heterocycles. The second-order valence-electron chi connectivity index (χ2n) is 9.70. The van der Waals surface area contributed by atoms with Crippen molar-refractivity contribution in [3.05, 3.63) is 59.1 Å². The summed E-state index contributed by atoms with van der Waals surface area (Å²) in [5.74, 6) is 0.331. The molecular weight excluding hydrogens is 483 g/mol. The summed E-state index contributed by atoms with van der Waals surface area (Å²) < 4.78 is 20.1. The van der Waals surface area contributed by atoms with Crippen molar-refractivity contribution >= 4 is 34.9 Å². The Morgan fingerprint density at radius 2 is 1.89 bits per heavy atom. The lowest BCUT2D eigenvalue weighted by Crippen LogP contribution is -2.41. The first-order valence-electron chi connectivity index (χ1n) is 11.8. The molecule has 0 spiro atoms. The van der Waals surface area contributed by atoms with Gasteiger partial charge in [0.05, 0.1) is 17.1 Å². The SMILES string of the molecule is CNc1cc(Nc2cc(-c3cc(Cl)ccc3F)nnc2C2CCN(C(=O)OC(C)(C)C)CC2)ccn1. The molecule has 1 saturated heterocycles. The van der Waals surface area contributed by atoms with E-state index in [4.69, 9.17) is 16.3 Å². The van der Waals surface area contributed by atoms with Crippen LogP contribution in [0.5, 0.6) is 0 Å². The highest BCUT2D eigenvalue weighted by molar-refractivity contribution is 6.30. The molecule has 8 nitrogen and oxygen atoms in total. The van der Waals surface area contributed by atoms with Crippen molar-refractivity contribution in [1.82, 2.24) is 20.1 Å². The average molecular weight is 513 g/mol. The van der Waals surface area contributed by atoms with Gasteiger partial charge < -0.3 is 20.3 Å². The van der Waals surface area contributed by atoms with Gasteiger partial charge in [0.25, 0.3) is 0 Å². The normalized spacial score (nSPS) is 14.4. The third kappa shape index (κ3) is 6.20. The van der Waals surface area contributed by atoms with Crippen LogP contribution in [0.4, 0.5) is 26.4 Å². The van der Waals surface area contributed by atoms with E-state index >= 15 is 0 Å². The number of anilines is 3. The van der Waals surface area contributed by atoms with E-state index in [1.54, 1.807) is 24.2 Å². The molecule has 1 aromatic carbocycles. The summed E-state index contributed by atoms with van der Waals surface area (Å²) in [6, 6.07) is 9.85. The average Bonchev–Trinajstić information content (AvgIpc) is 2.85. The lowest BCUT2D eigenvalue weighted by molar-refractivity contribution is 0.0204. The number of halogens is 2. The van der Waals surface area contributed by atoms with Gasteiger partial charge in [-0.1, -0.05) is 11.6 Å². The number of hydrogen-bond acceptors (Lipinski definition) is 7. The third-order valence-electron chi connectivity index (χ3n) is 5.86. The van der Waals surface area contributed by atoms with Crippen LogP contribution in [0.2, 0.25) is 5.02 Å². The van der Waals surface area contributed by atoms with Crippen molar-refractivity contribution in [2.24, 2.45) is 0 Å². The molecule has 0 aliphatic carbocycles. The number of hydrogen-bond donors (Lipinski definition) is 2. The summed E-state index contributed by atoms with van der Waals surface area (Å²) in [6.07, 6.45) is 2.78. The van der Waals surface area contributed by atoms with Gasteiger partial charge in [0.15, 0.2) is 0 Å². The first-order valence-corrected chi connectivity index (χ1v) is 12.2. The van der Waals surface area contributed by atoms with Crippen molar-refractivity contribution in [2.75, 3.05) is 30.8 Å². The molecule has 0 bridgehead atoms. The summed E-state index contributed by atoms with van der Waals surface area (Å²) in [5, 5.41) is 15.7. The summed E-state index contributed by atoms with van der Waals surface area (Å²) in [7, 11) is 1.80. The number of carbonyl (C=O) groups excluding carboxylic acids is 1. The molecule has 1 aliphatic rings. The zero-order chi connectivity index (χ0) is 25.9. The fourth-order valence-corrected chi connectivity index (χ4v) is 4.26. The molecule has 36 heavy (non-hydrogen) atoms. The Balaban J connectivity index is 1.63. The molecule has 190 valence electrons. The lowest BCUT2D eigenvalue weighted by atomic mass is 9.92. The second kappa shape index (κ2) is 10.7. The number of piperidine rings is 1. The van der Waals surface area contributed by atoms with Gasteiger partial charge in [0, 0.05) is 54.6 Å². The Kier molecular flexibility index (Phi) is 7.59. The van der Waals surface area contributed by atoms with Gasteiger partial charge in [-0.05, 0) is 63.9 Å². The Labute approximate surface area is 215 Å². The van der Waals surface area contributed by atoms with Gasteiger partial charge in [0.2, 0.25) is 0 Å². The molecule has 3 heterocycles. The number of carbonyl (C=O) groups is 1. The van der Waals surface area contributed by atoms with E-state index in [0.717, 1.165) is 11.4 Å². The maximum absolute atomic E-state index is 14.6. The van der Waals surface area contributed by atoms with Crippen LogP contribution in [0.25, 0.3) is 11.3 Å². The molecule has 1 aliphatic heterocycles. The Morgan fingerprint density at radius 3 is 2.58 bits per heavy atom. The van der Waals surface area contributed by atoms with E-state index in [0.29, 0.717) is 48.2 Å². The molecule has 10 heteroatoms. The van der Waals surface area contributed by atoms with Gasteiger partial charge in [-0.2, -0.15) is 5.10 Å². The largest absolute Gasteiger partial charge is 0.444 e. The van der Waals surface area contributed by atoms with Crippen molar-refractivity contribution < 1.29 is 13.9 Å². The number of amides is 1. The highest BCUT2D eigenvalue weighted by Crippen LogP contribution is 2.36. The van der Waals surface area contributed by atoms with E-state index in [1.807, 2.05) is 32.9 Å². The van der Waals surface area contributed by atoms with Crippen LogP contribution in [0, 0.1) is 5.82 Å². The van der Waals surface area contributed by atoms with Crippen molar-refractivity contribution in [1.29, 1.82) is 0 Å². The molecule has 0 atom stereocenters. The maximum Gasteiger partial charge on any atom is 0.410 e. The maximum atomic E-state index is 14.6. The van der Waals surface area contributed by atoms with Gasteiger partial charge in [-0.15, -0.1) is 5.10 Å². The molecule has 0 saturated carbocycles. The van der Waals surface area contributed by atoms with Crippen molar-refractivity contribution in [3.8, 4) is 11.3 Å². The zero-order valence-corrected chi connectivity index (χ0v) is 21.6. The van der Waals surface area contributed by atoms with E-state index < -0.39 is 11.4 Å². The fourth-order valence-electron chi connectivity index (χ4n) is 4.09. The number of nitrogens with one attached hydrogen (secondary N) is 2. The minimum atomic E-state index is -0.543. The number of nitrogens with zero attached hydrogens (tertiary/aromatic N) is 4. The molecule has 0 radical (unpaired) electrons. The smallest absolute Gasteiger partial charge is 0.410 e. The number of pyridine rings is 1. The van der Waals surface area contributed by atoms with Crippen LogP contribution in [0.1, 0.15) is 45.2 Å². The topological polar surface area (TPSA) is 92.3 Å². The molecule has 1 amide bonds. The van der Waals surface area contributed by atoms with Crippen molar-refractivity contribution in [2.45, 2.75) is 45.1 Å². The molecule has 3 aromatic rings. The first-order chi connectivity index (χ1) is 17.1. The highest BCUT2D eigenvalue weighted by atomic mass is 35.5. The van der Waals surface area contributed by atoms with Crippen LogP contribution in [0.3, 0.4) is 0 Å². The van der Waals surface area contributed by atoms with E-state index in [2.05, 4.69) is 25.8 Å². The number of benzene rings is 1. The second-order valence-corrected chi connectivity index (χ2v) is 10.1. The van der Waals surface area contributed by atoms with Gasteiger partial charge >= 0.3 is 6.09 Å². The molecular formula is C26H30ClFN6O2. The van der Waals surface area contributed by atoms with Gasteiger partial charge in [0.1, 0.15) is 17.2 Å². The standard InChI is InChI=1S/C26H30ClFN6O2/c1-26(2,3)36-25(35)34-11-8-16(9-12-34)24-22(31-18-7-10-30-23(14-18)29-4)15-21(32-33-24)19-13-17(27)5-6-20(19)28/h5-7,10,13-16H,8-9,11-12H2,1-4H3,(H2,29,30,31,32). The van der Waals surface area contributed by atoms with Crippen LogP contribution < -0.4 is 10.6 Å². The van der Waals surface area contributed by atoms with Crippen molar-refractivity contribution in [3.63, 3.8) is 0 Å². The van der Waals surface area contributed by atoms with Crippen LogP contribution >= 0.6 is 11.6 Å². The monoisotopic (exact) mass is 512 g/mol. The molecule has 4 rings (SSSR count).